The van der Waals surface area contributed by atoms with E-state index in [-0.39, 0.29) is 0 Å². The van der Waals surface area contributed by atoms with E-state index in [2.05, 4.69) is 32.2 Å². The predicted octanol–water partition coefficient (Wildman–Crippen LogP) is 5.21. The summed E-state index contributed by atoms with van der Waals surface area (Å²) in [7, 11) is 1.75. The van der Waals surface area contributed by atoms with E-state index < -0.39 is 11.2 Å². The first-order chi connectivity index (χ1) is 12.1. The van der Waals surface area contributed by atoms with E-state index in [1.54, 1.807) is 21.3 Å². The molecule has 0 unspecified atom stereocenters. The molecule has 0 aliphatic rings. The van der Waals surface area contributed by atoms with Crippen molar-refractivity contribution in [3.05, 3.63) is 48.6 Å². The molecule has 1 radical (unpaired) electrons. The molecule has 0 amide bonds. The highest BCUT2D eigenvalue weighted by Gasteiger charge is 2.35. The molecular weight excluding hydrogens is 319 g/mol. The summed E-state index contributed by atoms with van der Waals surface area (Å²) in [6, 6.07) is 6.30. The van der Waals surface area contributed by atoms with Crippen LogP contribution in [0.25, 0.3) is 5.57 Å². The smallest absolute Gasteiger partial charge is 0.330 e. The molecule has 1 rings (SSSR count). The monoisotopic (exact) mass is 355 g/mol. The Morgan fingerprint density at radius 3 is 2.38 bits per heavy atom. The summed E-state index contributed by atoms with van der Waals surface area (Å²) < 4.78 is 5.90. The van der Waals surface area contributed by atoms with Gasteiger partial charge in [0.05, 0.1) is 11.2 Å². The number of hydrogen-bond acceptors (Lipinski definition) is 2. The van der Waals surface area contributed by atoms with Crippen LogP contribution in [0.4, 0.5) is 0 Å². The third-order valence-electron chi connectivity index (χ3n) is 5.23. The first-order valence-corrected chi connectivity index (χ1v) is 9.80. The third kappa shape index (κ3) is 6.77. The van der Waals surface area contributed by atoms with Gasteiger partial charge in [0.25, 0.3) is 0 Å². The van der Waals surface area contributed by atoms with Gasteiger partial charge in [0, 0.05) is 0 Å². The standard InChI is InChI=1S/C23H36BO2/c1-8-10-11-12-13-14-19-17-20(15-16-21(19)18(3)9-2)24-26-23(6,7)22(4,5)25/h9,15-17,25H,2-3,8,10-14H2,1,4-7H3. The molecule has 1 N–H and O–H groups in total. The Bertz CT molecular complexity index is 597. The number of benzene rings is 1. The molecule has 143 valence electrons. The maximum absolute atomic E-state index is 10.2. The average Bonchev–Trinajstić information content (AvgIpc) is 2.58. The maximum Gasteiger partial charge on any atom is 0.330 e. The number of aliphatic hydroxyl groups is 1. The van der Waals surface area contributed by atoms with Gasteiger partial charge >= 0.3 is 7.48 Å². The lowest BCUT2D eigenvalue weighted by atomic mass is 9.80. The van der Waals surface area contributed by atoms with Crippen molar-refractivity contribution >= 4 is 18.5 Å². The van der Waals surface area contributed by atoms with Gasteiger partial charge in [-0.25, -0.2) is 0 Å². The minimum absolute atomic E-state index is 0.670. The van der Waals surface area contributed by atoms with Crippen LogP contribution >= 0.6 is 0 Å². The molecule has 0 aliphatic heterocycles. The van der Waals surface area contributed by atoms with Crippen LogP contribution in [-0.2, 0) is 11.1 Å². The molecule has 0 aliphatic carbocycles. The first kappa shape index (κ1) is 22.7. The molecule has 0 atom stereocenters. The summed E-state index contributed by atoms with van der Waals surface area (Å²) in [6.07, 6.45) is 9.14. The van der Waals surface area contributed by atoms with Crippen LogP contribution in [0, 0.1) is 0 Å². The Morgan fingerprint density at radius 2 is 1.81 bits per heavy atom. The van der Waals surface area contributed by atoms with E-state index in [1.165, 1.54) is 37.7 Å². The normalized spacial score (nSPS) is 12.1. The zero-order valence-electron chi connectivity index (χ0n) is 17.4. The van der Waals surface area contributed by atoms with Crippen LogP contribution in [0.5, 0.6) is 0 Å². The summed E-state index contributed by atoms with van der Waals surface area (Å²) in [6.45, 7) is 17.5. The molecule has 0 aromatic heterocycles. The second kappa shape index (κ2) is 10.1. The summed E-state index contributed by atoms with van der Waals surface area (Å²) in [4.78, 5) is 0. The summed E-state index contributed by atoms with van der Waals surface area (Å²) in [5.41, 5.74) is 2.81. The molecule has 2 nitrogen and oxygen atoms in total. The van der Waals surface area contributed by atoms with Crippen LogP contribution < -0.4 is 5.46 Å². The summed E-state index contributed by atoms with van der Waals surface area (Å²) in [5, 5.41) is 10.2. The predicted molar refractivity (Wildman–Crippen MR) is 115 cm³/mol. The van der Waals surface area contributed by atoms with Crippen molar-refractivity contribution in [1.29, 1.82) is 0 Å². The van der Waals surface area contributed by atoms with E-state index in [4.69, 9.17) is 4.65 Å². The first-order valence-electron chi connectivity index (χ1n) is 9.80. The van der Waals surface area contributed by atoms with Gasteiger partial charge in [-0.15, -0.1) is 0 Å². The van der Waals surface area contributed by atoms with Crippen LogP contribution in [-0.4, -0.2) is 23.8 Å². The zero-order chi connectivity index (χ0) is 19.8. The van der Waals surface area contributed by atoms with Crippen LogP contribution in [0.15, 0.2) is 37.4 Å². The fourth-order valence-corrected chi connectivity index (χ4v) is 2.60. The van der Waals surface area contributed by atoms with Crippen molar-refractivity contribution < 1.29 is 9.76 Å². The average molecular weight is 355 g/mol. The molecule has 3 heteroatoms. The molecule has 0 spiro atoms. The van der Waals surface area contributed by atoms with Gasteiger partial charge in [-0.05, 0) is 57.2 Å². The Labute approximate surface area is 161 Å². The molecule has 1 aromatic carbocycles. The lowest BCUT2D eigenvalue weighted by molar-refractivity contribution is -0.0893. The number of hydrogen-bond donors (Lipinski definition) is 1. The van der Waals surface area contributed by atoms with E-state index in [1.807, 2.05) is 26.0 Å². The topological polar surface area (TPSA) is 29.5 Å². The fraction of sp³-hybridized carbons (Fsp3) is 0.565. The van der Waals surface area contributed by atoms with Crippen molar-refractivity contribution in [2.24, 2.45) is 0 Å². The van der Waals surface area contributed by atoms with Crippen molar-refractivity contribution in [3.63, 3.8) is 0 Å². The van der Waals surface area contributed by atoms with Gasteiger partial charge in [0.15, 0.2) is 0 Å². The lowest BCUT2D eigenvalue weighted by Gasteiger charge is -2.37. The minimum Gasteiger partial charge on any atom is -0.427 e. The summed E-state index contributed by atoms with van der Waals surface area (Å²) in [5.74, 6) is 0. The van der Waals surface area contributed by atoms with Crippen LogP contribution in [0.2, 0.25) is 0 Å². The highest BCUT2D eigenvalue weighted by atomic mass is 16.5. The van der Waals surface area contributed by atoms with Gasteiger partial charge in [-0.1, -0.05) is 75.5 Å². The Hall–Kier alpha value is -1.32. The number of rotatable bonds is 12. The van der Waals surface area contributed by atoms with Crippen molar-refractivity contribution in [3.8, 4) is 0 Å². The quantitative estimate of drug-likeness (QED) is 0.317. The fourth-order valence-electron chi connectivity index (χ4n) is 2.60. The molecule has 0 heterocycles. The van der Waals surface area contributed by atoms with Crippen LogP contribution in [0.1, 0.15) is 77.8 Å². The van der Waals surface area contributed by atoms with E-state index in [0.717, 1.165) is 23.0 Å². The highest BCUT2D eigenvalue weighted by Crippen LogP contribution is 2.25. The van der Waals surface area contributed by atoms with Gasteiger partial charge in [-0.2, -0.15) is 0 Å². The molecule has 0 saturated heterocycles. The van der Waals surface area contributed by atoms with Crippen molar-refractivity contribution in [1.82, 2.24) is 0 Å². The Morgan fingerprint density at radius 1 is 1.15 bits per heavy atom. The molecule has 0 bridgehead atoms. The SMILES string of the molecule is C=CC(=C)c1ccc([B]OC(C)(C)C(C)(C)O)cc1CCCCCCC. The van der Waals surface area contributed by atoms with Crippen molar-refractivity contribution in [2.75, 3.05) is 0 Å². The second-order valence-electron chi connectivity index (χ2n) is 8.12. The van der Waals surface area contributed by atoms with Gasteiger partial charge < -0.3 is 9.76 Å². The highest BCUT2D eigenvalue weighted by molar-refractivity contribution is 6.47. The molecule has 1 aromatic rings. The minimum atomic E-state index is -0.928. The molecule has 0 saturated carbocycles. The van der Waals surface area contributed by atoms with Crippen molar-refractivity contribution in [2.45, 2.75) is 84.3 Å². The third-order valence-corrected chi connectivity index (χ3v) is 5.23. The van der Waals surface area contributed by atoms with Gasteiger partial charge in [-0.3, -0.25) is 0 Å². The van der Waals surface area contributed by atoms with E-state index in [0.29, 0.717) is 0 Å². The number of allylic oxidation sites excluding steroid dienone is 2. The molecule has 26 heavy (non-hydrogen) atoms. The number of unbranched alkanes of at least 4 members (excludes halogenated alkanes) is 4. The largest absolute Gasteiger partial charge is 0.427 e. The molecule has 0 fully saturated rings. The van der Waals surface area contributed by atoms with Crippen LogP contribution in [0.3, 0.4) is 0 Å². The second-order valence-corrected chi connectivity index (χ2v) is 8.12. The van der Waals surface area contributed by atoms with Gasteiger partial charge in [0.2, 0.25) is 0 Å². The maximum atomic E-state index is 10.2. The van der Waals surface area contributed by atoms with E-state index in [9.17, 15) is 5.11 Å². The summed E-state index contributed by atoms with van der Waals surface area (Å²) >= 11 is 0. The lowest BCUT2D eigenvalue weighted by Crippen LogP contribution is -2.49. The van der Waals surface area contributed by atoms with E-state index >= 15 is 0 Å². The zero-order valence-corrected chi connectivity index (χ0v) is 17.4. The Kier molecular flexibility index (Phi) is 8.86. The van der Waals surface area contributed by atoms with Gasteiger partial charge in [0.1, 0.15) is 0 Å². The Balaban J connectivity index is 2.86. The number of aryl methyl sites for hydroxylation is 1. The molecular formula is C23H36BO2.